The molecule has 0 aliphatic heterocycles. The Morgan fingerprint density at radius 1 is 1.59 bits per heavy atom. The second kappa shape index (κ2) is 4.50. The van der Waals surface area contributed by atoms with Crippen molar-refractivity contribution in [1.29, 1.82) is 0 Å². The van der Waals surface area contributed by atoms with Crippen molar-refractivity contribution < 1.29 is 14.8 Å². The highest BCUT2D eigenvalue weighted by atomic mass is 16.6. The highest BCUT2D eigenvalue weighted by Gasteiger charge is 2.34. The van der Waals surface area contributed by atoms with Crippen LogP contribution in [0.4, 0.5) is 5.69 Å². The maximum atomic E-state index is 10.9. The molecule has 1 aromatic carbocycles. The number of nitro groups is 1. The van der Waals surface area contributed by atoms with Gasteiger partial charge in [-0.25, -0.2) is 0 Å². The molecule has 17 heavy (non-hydrogen) atoms. The smallest absolute Gasteiger partial charge is 0.308 e. The van der Waals surface area contributed by atoms with Gasteiger partial charge in [0.15, 0.2) is 0 Å². The summed E-state index contributed by atoms with van der Waals surface area (Å²) in [7, 11) is 0. The van der Waals surface area contributed by atoms with E-state index in [1.54, 1.807) is 13.0 Å². The molecule has 2 unspecified atom stereocenters. The number of non-ortho nitro benzene ring substituents is 1. The van der Waals surface area contributed by atoms with E-state index in [1.165, 1.54) is 25.1 Å². The van der Waals surface area contributed by atoms with E-state index < -0.39 is 22.3 Å². The number of benzene rings is 1. The molecule has 0 heterocycles. The zero-order valence-electron chi connectivity index (χ0n) is 9.58. The lowest BCUT2D eigenvalue weighted by Gasteiger charge is -2.29. The van der Waals surface area contributed by atoms with Gasteiger partial charge in [-0.3, -0.25) is 14.9 Å². The number of aliphatic carboxylic acids is 1. The van der Waals surface area contributed by atoms with Crippen molar-refractivity contribution in [3.63, 3.8) is 0 Å². The van der Waals surface area contributed by atoms with Gasteiger partial charge in [0.1, 0.15) is 0 Å². The molecule has 0 aliphatic rings. The van der Waals surface area contributed by atoms with Gasteiger partial charge >= 0.3 is 5.97 Å². The predicted molar refractivity (Wildman–Crippen MR) is 61.4 cm³/mol. The molecule has 0 radical (unpaired) electrons. The van der Waals surface area contributed by atoms with E-state index in [-0.39, 0.29) is 5.69 Å². The van der Waals surface area contributed by atoms with E-state index in [2.05, 4.69) is 0 Å². The fourth-order valence-electron chi connectivity index (χ4n) is 1.46. The molecule has 0 bridgehead atoms. The molecule has 6 nitrogen and oxygen atoms in total. The maximum absolute atomic E-state index is 10.9. The van der Waals surface area contributed by atoms with Gasteiger partial charge in [0.25, 0.3) is 5.69 Å². The summed E-state index contributed by atoms with van der Waals surface area (Å²) in [5, 5.41) is 19.6. The minimum absolute atomic E-state index is 0.100. The van der Waals surface area contributed by atoms with Crippen LogP contribution in [0.25, 0.3) is 0 Å². The van der Waals surface area contributed by atoms with Crippen molar-refractivity contribution in [3.05, 3.63) is 39.9 Å². The molecule has 0 amide bonds. The summed E-state index contributed by atoms with van der Waals surface area (Å²) in [5.41, 5.74) is 5.13. The lowest BCUT2D eigenvalue weighted by atomic mass is 9.81. The van der Waals surface area contributed by atoms with Gasteiger partial charge < -0.3 is 10.8 Å². The van der Waals surface area contributed by atoms with Gasteiger partial charge in [-0.05, 0) is 19.4 Å². The average Bonchev–Trinajstić information content (AvgIpc) is 2.28. The summed E-state index contributed by atoms with van der Waals surface area (Å²) in [6.07, 6.45) is 0. The second-order valence-corrected chi connectivity index (χ2v) is 4.15. The third-order valence-corrected chi connectivity index (χ3v) is 2.95. The van der Waals surface area contributed by atoms with Crippen LogP contribution in [-0.4, -0.2) is 16.0 Å². The van der Waals surface area contributed by atoms with Crippen LogP contribution in [-0.2, 0) is 10.3 Å². The first-order valence-corrected chi connectivity index (χ1v) is 5.03. The Hall–Kier alpha value is -1.95. The maximum Gasteiger partial charge on any atom is 0.308 e. The van der Waals surface area contributed by atoms with E-state index in [1.807, 2.05) is 0 Å². The normalized spacial score (nSPS) is 15.9. The zero-order chi connectivity index (χ0) is 13.2. The Morgan fingerprint density at radius 3 is 2.65 bits per heavy atom. The van der Waals surface area contributed by atoms with Crippen LogP contribution in [0.5, 0.6) is 0 Å². The number of nitro benzene ring substituents is 1. The lowest BCUT2D eigenvalue weighted by Crippen LogP contribution is -2.43. The van der Waals surface area contributed by atoms with Gasteiger partial charge in [-0.15, -0.1) is 0 Å². The number of hydrogen-bond donors (Lipinski definition) is 2. The van der Waals surface area contributed by atoms with Crippen molar-refractivity contribution in [2.24, 2.45) is 11.7 Å². The number of carboxylic acids is 1. The predicted octanol–water partition coefficient (Wildman–Crippen LogP) is 1.49. The van der Waals surface area contributed by atoms with Crippen LogP contribution in [0.1, 0.15) is 19.4 Å². The van der Waals surface area contributed by atoms with Gasteiger partial charge in [0.05, 0.1) is 16.4 Å². The van der Waals surface area contributed by atoms with E-state index in [9.17, 15) is 14.9 Å². The summed E-state index contributed by atoms with van der Waals surface area (Å²) in [6, 6.07) is 5.73. The molecule has 1 aromatic rings. The summed E-state index contributed by atoms with van der Waals surface area (Å²) < 4.78 is 0. The first kappa shape index (κ1) is 13.1. The van der Waals surface area contributed by atoms with Gasteiger partial charge in [0.2, 0.25) is 0 Å². The topological polar surface area (TPSA) is 106 Å². The molecule has 2 atom stereocenters. The molecule has 0 spiro atoms. The first-order chi connectivity index (χ1) is 7.76. The molecule has 1 rings (SSSR count). The highest BCUT2D eigenvalue weighted by molar-refractivity contribution is 5.71. The number of carbonyl (C=O) groups is 1. The van der Waals surface area contributed by atoms with E-state index in [4.69, 9.17) is 10.8 Å². The van der Waals surface area contributed by atoms with E-state index in [0.717, 1.165) is 0 Å². The summed E-state index contributed by atoms with van der Waals surface area (Å²) in [6.45, 7) is 3.02. The molecule has 0 fully saturated rings. The molecule has 0 saturated heterocycles. The van der Waals surface area contributed by atoms with Crippen LogP contribution in [0, 0.1) is 16.0 Å². The van der Waals surface area contributed by atoms with Gasteiger partial charge in [-0.2, -0.15) is 0 Å². The van der Waals surface area contributed by atoms with Crippen molar-refractivity contribution in [2.45, 2.75) is 19.4 Å². The fraction of sp³-hybridized carbons (Fsp3) is 0.364. The van der Waals surface area contributed by atoms with Gasteiger partial charge in [-0.1, -0.05) is 12.1 Å². The standard InChI is InChI=1S/C11H14N2O4/c1-7(10(14)15)11(2,12)8-4-3-5-9(6-8)13(16)17/h3-7H,12H2,1-2H3,(H,14,15). The van der Waals surface area contributed by atoms with Crippen LogP contribution in [0.3, 0.4) is 0 Å². The second-order valence-electron chi connectivity index (χ2n) is 4.15. The molecule has 0 saturated carbocycles. The Kier molecular flexibility index (Phi) is 3.47. The van der Waals surface area contributed by atoms with Crippen LogP contribution >= 0.6 is 0 Å². The number of nitrogens with zero attached hydrogens (tertiary/aromatic N) is 1. The quantitative estimate of drug-likeness (QED) is 0.610. The summed E-state index contributed by atoms with van der Waals surface area (Å²) in [4.78, 5) is 21.0. The SMILES string of the molecule is CC(C(=O)O)C(C)(N)c1cccc([N+](=O)[O-])c1. The number of rotatable bonds is 4. The molecule has 3 N–H and O–H groups in total. The summed E-state index contributed by atoms with van der Waals surface area (Å²) >= 11 is 0. The molecule has 92 valence electrons. The molecule has 6 heteroatoms. The van der Waals surface area contributed by atoms with Crippen molar-refractivity contribution in [2.75, 3.05) is 0 Å². The van der Waals surface area contributed by atoms with Crippen LogP contribution < -0.4 is 5.73 Å². The third-order valence-electron chi connectivity index (χ3n) is 2.95. The Bertz CT molecular complexity index is 457. The van der Waals surface area contributed by atoms with Crippen LogP contribution in [0.2, 0.25) is 0 Å². The molecular weight excluding hydrogens is 224 g/mol. The Morgan fingerprint density at radius 2 is 2.18 bits per heavy atom. The Labute approximate surface area is 98.2 Å². The molecule has 0 aromatic heterocycles. The molecule has 0 aliphatic carbocycles. The Balaban J connectivity index is 3.19. The van der Waals surface area contributed by atoms with Crippen LogP contribution in [0.15, 0.2) is 24.3 Å². The van der Waals surface area contributed by atoms with Gasteiger partial charge in [0, 0.05) is 12.1 Å². The molecular formula is C11H14N2O4. The minimum atomic E-state index is -1.15. The number of nitrogens with two attached hydrogens (primary N) is 1. The van der Waals surface area contributed by atoms with E-state index >= 15 is 0 Å². The first-order valence-electron chi connectivity index (χ1n) is 5.03. The van der Waals surface area contributed by atoms with Crippen molar-refractivity contribution in [3.8, 4) is 0 Å². The third kappa shape index (κ3) is 2.59. The summed E-state index contributed by atoms with van der Waals surface area (Å²) in [5.74, 6) is -1.88. The monoisotopic (exact) mass is 238 g/mol. The average molecular weight is 238 g/mol. The van der Waals surface area contributed by atoms with Crippen molar-refractivity contribution >= 4 is 11.7 Å². The van der Waals surface area contributed by atoms with E-state index in [0.29, 0.717) is 5.56 Å². The number of hydrogen-bond acceptors (Lipinski definition) is 4. The zero-order valence-corrected chi connectivity index (χ0v) is 9.58. The minimum Gasteiger partial charge on any atom is -0.481 e. The largest absolute Gasteiger partial charge is 0.481 e. The highest BCUT2D eigenvalue weighted by Crippen LogP contribution is 2.29. The number of carboxylic acid groups (broad SMARTS) is 1. The fourth-order valence-corrected chi connectivity index (χ4v) is 1.46. The van der Waals surface area contributed by atoms with Crippen molar-refractivity contribution in [1.82, 2.24) is 0 Å². The lowest BCUT2D eigenvalue weighted by molar-refractivity contribution is -0.385.